The van der Waals surface area contributed by atoms with Crippen molar-refractivity contribution in [2.75, 3.05) is 5.32 Å². The van der Waals surface area contributed by atoms with Crippen molar-refractivity contribution in [3.8, 4) is 0 Å². The molecule has 0 spiro atoms. The monoisotopic (exact) mass is 474 g/mol. The van der Waals surface area contributed by atoms with Crippen LogP contribution < -0.4 is 10.9 Å². The van der Waals surface area contributed by atoms with Crippen LogP contribution >= 0.6 is 0 Å². The Morgan fingerprint density at radius 1 is 1.06 bits per heavy atom. The van der Waals surface area contributed by atoms with Gasteiger partial charge in [-0.25, -0.2) is 27.5 Å². The molecule has 0 saturated heterocycles. The number of halogens is 4. The molecule has 9 heteroatoms. The second-order valence-corrected chi connectivity index (χ2v) is 9.69. The zero-order valence-corrected chi connectivity index (χ0v) is 19.0. The van der Waals surface area contributed by atoms with E-state index in [2.05, 4.69) is 15.3 Å². The van der Waals surface area contributed by atoms with Crippen LogP contribution in [0.3, 0.4) is 0 Å². The fourth-order valence-corrected chi connectivity index (χ4v) is 5.54. The van der Waals surface area contributed by atoms with Crippen molar-refractivity contribution in [2.24, 2.45) is 0 Å². The first-order valence-corrected chi connectivity index (χ1v) is 11.5. The van der Waals surface area contributed by atoms with Crippen molar-refractivity contribution in [3.63, 3.8) is 0 Å². The van der Waals surface area contributed by atoms with Gasteiger partial charge in [0.25, 0.3) is 12.0 Å². The number of alkyl halides is 3. The fraction of sp³-hybridized carbons (Fsp3) is 0.480. The summed E-state index contributed by atoms with van der Waals surface area (Å²) < 4.78 is 57.5. The number of aromatic nitrogens is 3. The van der Waals surface area contributed by atoms with Crippen molar-refractivity contribution in [1.29, 1.82) is 0 Å². The summed E-state index contributed by atoms with van der Waals surface area (Å²) in [6, 6.07) is 4.70. The third-order valence-corrected chi connectivity index (χ3v) is 7.58. The largest absolute Gasteiger partial charge is 0.363 e. The highest BCUT2D eigenvalue weighted by Gasteiger charge is 2.50. The van der Waals surface area contributed by atoms with E-state index >= 15 is 0 Å². The molecule has 1 aromatic carbocycles. The Balaban J connectivity index is 1.56. The van der Waals surface area contributed by atoms with Gasteiger partial charge in [0.1, 0.15) is 23.1 Å². The molecule has 6 rings (SSSR count). The van der Waals surface area contributed by atoms with Crippen LogP contribution in [0.5, 0.6) is 0 Å². The molecule has 3 fully saturated rings. The molecule has 2 bridgehead atoms. The maximum Gasteiger partial charge on any atom is 0.266 e. The van der Waals surface area contributed by atoms with Crippen LogP contribution in [0.15, 0.2) is 35.3 Å². The van der Waals surface area contributed by atoms with E-state index in [-0.39, 0.29) is 11.1 Å². The van der Waals surface area contributed by atoms with Crippen molar-refractivity contribution in [1.82, 2.24) is 14.5 Å². The summed E-state index contributed by atoms with van der Waals surface area (Å²) in [6.07, 6.45) is 1.87. The standard InChI is InChI=1S/C25H26F4N4O/c1-14(16-4-3-5-17(21(16)26)22(27)28)30-23-18-13-33(20(34)12-19(18)31-15(2)32-23)25-9-6-24(29,7-10-25)8-11-25/h3-5,12-14,22H,6-11H2,1-2H3,(H,30,31,32)/t14-,24?,25?/m0/s1. The molecule has 5 nitrogen and oxygen atoms in total. The molecule has 2 aromatic heterocycles. The summed E-state index contributed by atoms with van der Waals surface area (Å²) >= 11 is 0. The average Bonchev–Trinajstić information content (AvgIpc) is 2.79. The van der Waals surface area contributed by atoms with E-state index in [0.717, 1.165) is 6.07 Å². The van der Waals surface area contributed by atoms with Gasteiger partial charge in [-0.2, -0.15) is 0 Å². The highest BCUT2D eigenvalue weighted by atomic mass is 19.3. The second-order valence-electron chi connectivity index (χ2n) is 9.69. The number of pyridine rings is 1. The molecule has 3 saturated carbocycles. The predicted molar refractivity (Wildman–Crippen MR) is 121 cm³/mol. The van der Waals surface area contributed by atoms with Gasteiger partial charge >= 0.3 is 0 Å². The van der Waals surface area contributed by atoms with Crippen LogP contribution in [-0.4, -0.2) is 20.2 Å². The Kier molecular flexibility index (Phi) is 5.41. The van der Waals surface area contributed by atoms with E-state index in [1.54, 1.807) is 24.6 Å². The quantitative estimate of drug-likeness (QED) is 0.453. The van der Waals surface area contributed by atoms with Gasteiger partial charge in [-0.05, 0) is 52.4 Å². The van der Waals surface area contributed by atoms with Gasteiger partial charge in [-0.15, -0.1) is 0 Å². The molecule has 1 atom stereocenters. The molecule has 0 aliphatic heterocycles. The second kappa shape index (κ2) is 8.06. The van der Waals surface area contributed by atoms with E-state index in [1.165, 1.54) is 18.2 Å². The van der Waals surface area contributed by atoms with E-state index < -0.39 is 35.1 Å². The molecular formula is C25H26F4N4O. The van der Waals surface area contributed by atoms with Crippen LogP contribution in [0.1, 0.15) is 74.9 Å². The molecule has 1 N–H and O–H groups in total. The maximum atomic E-state index is 14.7. The van der Waals surface area contributed by atoms with Crippen molar-refractivity contribution in [3.05, 3.63) is 63.6 Å². The summed E-state index contributed by atoms with van der Waals surface area (Å²) in [5.41, 5.74) is -1.89. The molecule has 3 aromatic rings. The number of hydrogen-bond acceptors (Lipinski definition) is 4. The lowest BCUT2D eigenvalue weighted by atomic mass is 9.64. The highest BCUT2D eigenvalue weighted by Crippen LogP contribution is 2.52. The number of aryl methyl sites for hydroxylation is 1. The average molecular weight is 475 g/mol. The first-order chi connectivity index (χ1) is 16.1. The minimum absolute atomic E-state index is 0.0907. The van der Waals surface area contributed by atoms with Gasteiger partial charge in [0.15, 0.2) is 0 Å². The number of benzene rings is 1. The Morgan fingerprint density at radius 3 is 2.35 bits per heavy atom. The van der Waals surface area contributed by atoms with Gasteiger partial charge in [-0.3, -0.25) is 4.79 Å². The van der Waals surface area contributed by atoms with E-state index in [1.807, 2.05) is 0 Å². The smallest absolute Gasteiger partial charge is 0.266 e. The molecule has 3 aliphatic rings. The van der Waals surface area contributed by atoms with Gasteiger partial charge in [0.2, 0.25) is 0 Å². The Morgan fingerprint density at radius 2 is 1.71 bits per heavy atom. The number of anilines is 1. The number of nitrogens with zero attached hydrogens (tertiary/aromatic N) is 3. The minimum atomic E-state index is -2.92. The van der Waals surface area contributed by atoms with Gasteiger partial charge in [0.05, 0.1) is 22.5 Å². The Hall–Kier alpha value is -2.97. The van der Waals surface area contributed by atoms with Gasteiger partial charge in [0, 0.05) is 23.4 Å². The molecule has 0 amide bonds. The number of rotatable bonds is 5. The normalized spacial score (nSPS) is 25.1. The zero-order valence-electron chi connectivity index (χ0n) is 19.0. The van der Waals surface area contributed by atoms with Crippen LogP contribution in [0.2, 0.25) is 0 Å². The van der Waals surface area contributed by atoms with Gasteiger partial charge < -0.3 is 9.88 Å². The lowest BCUT2D eigenvalue weighted by molar-refractivity contribution is -0.0282. The summed E-state index contributed by atoms with van der Waals surface area (Å²) in [6.45, 7) is 3.34. The highest BCUT2D eigenvalue weighted by molar-refractivity contribution is 5.88. The zero-order chi connectivity index (χ0) is 24.3. The lowest BCUT2D eigenvalue weighted by Crippen LogP contribution is -2.52. The molecule has 2 heterocycles. The van der Waals surface area contributed by atoms with Crippen molar-refractivity contribution in [2.45, 2.75) is 76.0 Å². The summed E-state index contributed by atoms with van der Waals surface area (Å²) in [5, 5.41) is 3.70. The fourth-order valence-electron chi connectivity index (χ4n) is 5.54. The Bertz CT molecular complexity index is 1300. The number of hydrogen-bond donors (Lipinski definition) is 1. The maximum absolute atomic E-state index is 14.7. The predicted octanol–water partition coefficient (Wildman–Crippen LogP) is 6.12. The third-order valence-electron chi connectivity index (χ3n) is 7.58. The first-order valence-electron chi connectivity index (χ1n) is 11.5. The molecule has 0 unspecified atom stereocenters. The number of nitrogens with one attached hydrogen (secondary N) is 1. The summed E-state index contributed by atoms with van der Waals surface area (Å²) in [7, 11) is 0. The van der Waals surface area contributed by atoms with Crippen molar-refractivity contribution >= 4 is 16.7 Å². The number of fused-ring (bicyclic) bond motifs is 4. The van der Waals surface area contributed by atoms with Gasteiger partial charge in [-0.1, -0.05) is 18.2 Å². The molecule has 180 valence electrons. The van der Waals surface area contributed by atoms with Crippen molar-refractivity contribution < 1.29 is 17.6 Å². The molecule has 34 heavy (non-hydrogen) atoms. The van der Waals surface area contributed by atoms with E-state index in [9.17, 15) is 22.4 Å². The summed E-state index contributed by atoms with van der Waals surface area (Å²) in [4.78, 5) is 21.9. The first kappa shape index (κ1) is 22.8. The van der Waals surface area contributed by atoms with Crippen LogP contribution in [-0.2, 0) is 5.54 Å². The Labute approximate surface area is 194 Å². The van der Waals surface area contributed by atoms with Crippen LogP contribution in [0.25, 0.3) is 10.9 Å². The summed E-state index contributed by atoms with van der Waals surface area (Å²) in [5.74, 6) is -0.159. The lowest BCUT2D eigenvalue weighted by Gasteiger charge is -2.50. The van der Waals surface area contributed by atoms with Crippen LogP contribution in [0.4, 0.5) is 23.4 Å². The SMILES string of the molecule is Cc1nc(N[C@@H](C)c2cccc(C(F)F)c2F)c2cn(C34CCC(F)(CC3)CC4)c(=O)cc2n1. The minimum Gasteiger partial charge on any atom is -0.363 e. The molecular weight excluding hydrogens is 448 g/mol. The third kappa shape index (κ3) is 3.75. The topological polar surface area (TPSA) is 59.8 Å². The molecule has 0 radical (unpaired) electrons. The van der Waals surface area contributed by atoms with E-state index in [4.69, 9.17) is 0 Å². The van der Waals surface area contributed by atoms with E-state index in [0.29, 0.717) is 61.1 Å². The van der Waals surface area contributed by atoms with Crippen LogP contribution in [0, 0.1) is 12.7 Å². The molecule has 3 aliphatic carbocycles.